The lowest BCUT2D eigenvalue weighted by Crippen LogP contribution is -2.02. The van der Waals surface area contributed by atoms with Gasteiger partial charge in [0, 0.05) is 47.0 Å². The van der Waals surface area contributed by atoms with E-state index >= 15 is 0 Å². The van der Waals surface area contributed by atoms with Crippen LogP contribution in [0.2, 0.25) is 0 Å². The van der Waals surface area contributed by atoms with Gasteiger partial charge >= 0.3 is 0 Å². The molecule has 2 aromatic heterocycles. The van der Waals surface area contributed by atoms with Gasteiger partial charge in [-0.1, -0.05) is 18.9 Å². The van der Waals surface area contributed by atoms with Crippen LogP contribution >= 0.6 is 24.1 Å². The Hall–Kier alpha value is -3.02. The summed E-state index contributed by atoms with van der Waals surface area (Å²) in [4.78, 5) is 0. The highest BCUT2D eigenvalue weighted by Crippen LogP contribution is 2.38. The van der Waals surface area contributed by atoms with Gasteiger partial charge in [-0.15, -0.1) is 10.2 Å². The van der Waals surface area contributed by atoms with Crippen LogP contribution in [0.25, 0.3) is 16.8 Å². The zero-order chi connectivity index (χ0) is 23.4. The van der Waals surface area contributed by atoms with E-state index in [1.54, 1.807) is 25.1 Å². The number of fused-ring (bicyclic) bond motifs is 1. The van der Waals surface area contributed by atoms with Crippen LogP contribution in [0.3, 0.4) is 0 Å². The number of aromatic nitrogens is 3. The quantitative estimate of drug-likeness (QED) is 0.246. The number of nitrogens with zero attached hydrogens (tertiary/aromatic N) is 3. The third-order valence-corrected chi connectivity index (χ3v) is 5.87. The van der Waals surface area contributed by atoms with E-state index in [4.69, 9.17) is 4.74 Å². The summed E-state index contributed by atoms with van der Waals surface area (Å²) < 4.78 is 44.9. The van der Waals surface area contributed by atoms with E-state index in [1.807, 2.05) is 42.6 Å². The summed E-state index contributed by atoms with van der Waals surface area (Å²) in [6.07, 6.45) is 1.90. The van der Waals surface area contributed by atoms with Gasteiger partial charge in [-0.05, 0) is 50.4 Å². The molecule has 0 bridgehead atoms. The van der Waals surface area contributed by atoms with Crippen LogP contribution in [0.1, 0.15) is 12.7 Å². The Bertz CT molecular complexity index is 1280. The van der Waals surface area contributed by atoms with Gasteiger partial charge in [-0.3, -0.25) is 4.40 Å². The SMILES string of the molecule is CCSNc1ccc(Oc2ccc(F)cc2F)c(-c2cc(NSNC)c3nnc(C)n3c2)c1. The van der Waals surface area contributed by atoms with E-state index < -0.39 is 11.6 Å². The van der Waals surface area contributed by atoms with Gasteiger partial charge in [-0.25, -0.2) is 13.5 Å². The second-order valence-electron chi connectivity index (χ2n) is 6.91. The number of pyridine rings is 1. The van der Waals surface area contributed by atoms with Crippen LogP contribution in [0.4, 0.5) is 20.2 Å². The van der Waals surface area contributed by atoms with E-state index in [2.05, 4.69) is 24.4 Å². The first-order valence-corrected chi connectivity index (χ1v) is 11.9. The van der Waals surface area contributed by atoms with Crippen molar-refractivity contribution >= 4 is 41.1 Å². The van der Waals surface area contributed by atoms with Crippen molar-refractivity contribution in [2.24, 2.45) is 0 Å². The smallest absolute Gasteiger partial charge is 0.185 e. The fourth-order valence-electron chi connectivity index (χ4n) is 3.17. The zero-order valence-corrected chi connectivity index (χ0v) is 19.8. The Morgan fingerprint density at radius 3 is 2.61 bits per heavy atom. The number of aryl methyl sites for hydroxylation is 1. The lowest BCUT2D eigenvalue weighted by atomic mass is 10.0. The second kappa shape index (κ2) is 10.3. The fraction of sp³-hybridized carbons (Fsp3) is 0.182. The number of nitrogens with one attached hydrogen (secondary N) is 3. The molecular weight excluding hydrogens is 466 g/mol. The van der Waals surface area contributed by atoms with Crippen molar-refractivity contribution in [2.75, 3.05) is 22.2 Å². The van der Waals surface area contributed by atoms with Crippen molar-refractivity contribution in [1.29, 1.82) is 0 Å². The Morgan fingerprint density at radius 1 is 1.03 bits per heavy atom. The van der Waals surface area contributed by atoms with Crippen molar-refractivity contribution in [3.63, 3.8) is 0 Å². The average molecular weight is 489 g/mol. The summed E-state index contributed by atoms with van der Waals surface area (Å²) >= 11 is 2.86. The first-order valence-electron chi connectivity index (χ1n) is 10.1. The molecule has 172 valence electrons. The third-order valence-electron chi connectivity index (χ3n) is 4.68. The summed E-state index contributed by atoms with van der Waals surface area (Å²) in [5.41, 5.74) is 3.79. The number of halogens is 2. The largest absolute Gasteiger partial charge is 0.454 e. The zero-order valence-electron chi connectivity index (χ0n) is 18.1. The van der Waals surface area contributed by atoms with Crippen molar-refractivity contribution in [1.82, 2.24) is 19.3 Å². The minimum absolute atomic E-state index is 0.0630. The van der Waals surface area contributed by atoms with Gasteiger partial charge in [0.05, 0.1) is 5.69 Å². The molecule has 11 heteroatoms. The van der Waals surface area contributed by atoms with E-state index in [0.29, 0.717) is 22.8 Å². The minimum Gasteiger partial charge on any atom is -0.454 e. The fourth-order valence-corrected chi connectivity index (χ4v) is 3.97. The Balaban J connectivity index is 1.84. The number of hydrogen-bond acceptors (Lipinski definition) is 8. The lowest BCUT2D eigenvalue weighted by molar-refractivity contribution is 0.439. The Kier molecular flexibility index (Phi) is 7.21. The summed E-state index contributed by atoms with van der Waals surface area (Å²) in [6, 6.07) is 10.7. The van der Waals surface area contributed by atoms with Crippen LogP contribution in [0, 0.1) is 18.6 Å². The van der Waals surface area contributed by atoms with Gasteiger partial charge in [-0.2, -0.15) is 0 Å². The molecular formula is C22H22F2N6OS2. The normalized spacial score (nSPS) is 11.1. The number of ether oxygens (including phenoxy) is 1. The Labute approximate surface area is 198 Å². The topological polar surface area (TPSA) is 75.5 Å². The molecule has 0 fully saturated rings. The third kappa shape index (κ3) is 5.15. The maximum absolute atomic E-state index is 14.3. The van der Waals surface area contributed by atoms with Crippen molar-refractivity contribution < 1.29 is 13.5 Å². The van der Waals surface area contributed by atoms with Gasteiger partial charge in [0.1, 0.15) is 17.4 Å². The number of rotatable bonds is 9. The molecule has 0 unspecified atom stereocenters. The van der Waals surface area contributed by atoms with Crippen LogP contribution in [0.5, 0.6) is 11.5 Å². The van der Waals surface area contributed by atoms with E-state index in [9.17, 15) is 8.78 Å². The second-order valence-corrected chi connectivity index (χ2v) is 8.80. The Morgan fingerprint density at radius 2 is 1.85 bits per heavy atom. The molecule has 0 aliphatic rings. The van der Waals surface area contributed by atoms with Crippen molar-refractivity contribution in [3.05, 3.63) is 66.1 Å². The van der Waals surface area contributed by atoms with Gasteiger partial charge in [0.15, 0.2) is 17.2 Å². The van der Waals surface area contributed by atoms with E-state index in [0.717, 1.165) is 34.8 Å². The molecule has 0 aliphatic carbocycles. The molecule has 0 saturated carbocycles. The number of hydrogen-bond donors (Lipinski definition) is 3. The molecule has 0 saturated heterocycles. The number of benzene rings is 2. The molecule has 0 aliphatic heterocycles. The van der Waals surface area contributed by atoms with Crippen molar-refractivity contribution in [3.8, 4) is 22.6 Å². The number of anilines is 2. The highest BCUT2D eigenvalue weighted by atomic mass is 32.2. The molecule has 4 aromatic rings. The lowest BCUT2D eigenvalue weighted by Gasteiger charge is -2.16. The van der Waals surface area contributed by atoms with Gasteiger partial charge in [0.2, 0.25) is 0 Å². The minimum atomic E-state index is -0.775. The molecule has 33 heavy (non-hydrogen) atoms. The standard InChI is InChI=1S/C22H22F2N6OS2/c1-4-32-28-16-6-8-20(31-21-7-5-15(23)10-18(21)24)17(11-16)14-9-19(29-33-25-3)22-27-26-13(2)30(22)12-14/h5-12,25,28-29H,4H2,1-3H3. The summed E-state index contributed by atoms with van der Waals surface area (Å²) in [7, 11) is 1.80. The van der Waals surface area contributed by atoms with E-state index in [1.165, 1.54) is 18.2 Å². The highest BCUT2D eigenvalue weighted by molar-refractivity contribution is 8.00. The molecule has 2 aromatic carbocycles. The maximum atomic E-state index is 14.3. The first-order chi connectivity index (χ1) is 16.0. The molecule has 0 amide bonds. The van der Waals surface area contributed by atoms with Crippen LogP contribution in [-0.4, -0.2) is 27.4 Å². The summed E-state index contributed by atoms with van der Waals surface area (Å²) in [5.74, 6) is 0.518. The van der Waals surface area contributed by atoms with Crippen LogP contribution in [0.15, 0.2) is 48.7 Å². The molecule has 0 atom stereocenters. The molecule has 2 heterocycles. The monoisotopic (exact) mass is 488 g/mol. The average Bonchev–Trinajstić information content (AvgIpc) is 3.19. The van der Waals surface area contributed by atoms with Crippen LogP contribution < -0.4 is 18.9 Å². The molecule has 4 rings (SSSR count). The predicted molar refractivity (Wildman–Crippen MR) is 132 cm³/mol. The molecule has 3 N–H and O–H groups in total. The molecule has 0 radical (unpaired) electrons. The molecule has 0 spiro atoms. The van der Waals surface area contributed by atoms with Gasteiger partial charge < -0.3 is 14.2 Å². The highest BCUT2D eigenvalue weighted by Gasteiger charge is 2.16. The van der Waals surface area contributed by atoms with E-state index in [-0.39, 0.29) is 5.75 Å². The van der Waals surface area contributed by atoms with Crippen molar-refractivity contribution in [2.45, 2.75) is 13.8 Å². The molecule has 7 nitrogen and oxygen atoms in total. The van der Waals surface area contributed by atoms with Gasteiger partial charge in [0.25, 0.3) is 0 Å². The summed E-state index contributed by atoms with van der Waals surface area (Å²) in [5, 5.41) is 8.43. The maximum Gasteiger partial charge on any atom is 0.185 e. The van der Waals surface area contributed by atoms with Crippen LogP contribution in [-0.2, 0) is 0 Å². The summed E-state index contributed by atoms with van der Waals surface area (Å²) in [6.45, 7) is 3.91. The first kappa shape index (κ1) is 23.1. The predicted octanol–water partition coefficient (Wildman–Crippen LogP) is 6.05.